The van der Waals surface area contributed by atoms with E-state index in [1.54, 1.807) is 16.9 Å². The highest BCUT2D eigenvalue weighted by Crippen LogP contribution is 2.07. The predicted molar refractivity (Wildman–Crippen MR) is 67.0 cm³/mol. The second kappa shape index (κ2) is 5.43. The molecule has 0 aliphatic rings. The Labute approximate surface area is 101 Å². The van der Waals surface area contributed by atoms with Gasteiger partial charge in [0.25, 0.3) is 0 Å². The number of nitrogens with zero attached hydrogens (tertiary/aromatic N) is 2. The first kappa shape index (κ1) is 11.6. The Hall–Kier alpha value is -1.90. The number of ketones is 1. The summed E-state index contributed by atoms with van der Waals surface area (Å²) < 4.78 is 1.78. The zero-order valence-electron chi connectivity index (χ0n) is 9.97. The van der Waals surface area contributed by atoms with Gasteiger partial charge in [-0.05, 0) is 18.1 Å². The molecule has 0 amide bonds. The summed E-state index contributed by atoms with van der Waals surface area (Å²) in [5.74, 6) is 0.127. The molecule has 1 heterocycles. The van der Waals surface area contributed by atoms with Crippen molar-refractivity contribution in [2.45, 2.75) is 26.3 Å². The highest BCUT2D eigenvalue weighted by Gasteiger charge is 2.11. The Morgan fingerprint density at radius 2 is 2.00 bits per heavy atom. The molecule has 1 aromatic carbocycles. The fourth-order valence-electron chi connectivity index (χ4n) is 1.83. The number of hydrogen-bond donors (Lipinski definition) is 0. The van der Waals surface area contributed by atoms with Crippen LogP contribution in [0.2, 0.25) is 0 Å². The van der Waals surface area contributed by atoms with Crippen LogP contribution < -0.4 is 0 Å². The fourth-order valence-corrected chi connectivity index (χ4v) is 1.83. The molecule has 0 spiro atoms. The first-order chi connectivity index (χ1) is 8.31. The maximum absolute atomic E-state index is 12.1. The Kier molecular flexibility index (Phi) is 3.70. The minimum Gasteiger partial charge on any atom is -0.292 e. The van der Waals surface area contributed by atoms with E-state index in [1.165, 1.54) is 0 Å². The van der Waals surface area contributed by atoms with Crippen LogP contribution in [-0.4, -0.2) is 15.6 Å². The van der Waals surface area contributed by atoms with Crippen molar-refractivity contribution in [3.8, 4) is 0 Å². The van der Waals surface area contributed by atoms with Crippen molar-refractivity contribution >= 4 is 5.78 Å². The smallest absolute Gasteiger partial charge is 0.185 e. The predicted octanol–water partition coefficient (Wildman–Crippen LogP) is 2.72. The number of carbonyl (C=O) groups excluding carboxylic acids is 1. The Bertz CT molecular complexity index is 488. The summed E-state index contributed by atoms with van der Waals surface area (Å²) in [5.41, 5.74) is 1.75. The molecule has 0 radical (unpaired) electrons. The third kappa shape index (κ3) is 2.81. The van der Waals surface area contributed by atoms with E-state index in [0.29, 0.717) is 12.1 Å². The van der Waals surface area contributed by atoms with Crippen LogP contribution >= 0.6 is 0 Å². The monoisotopic (exact) mass is 228 g/mol. The van der Waals surface area contributed by atoms with E-state index in [2.05, 4.69) is 12.0 Å². The number of aromatic nitrogens is 2. The fraction of sp³-hybridized carbons (Fsp3) is 0.286. The molecule has 0 atom stereocenters. The number of carbonyl (C=O) groups is 1. The van der Waals surface area contributed by atoms with Gasteiger partial charge in [-0.2, -0.15) is 5.10 Å². The van der Waals surface area contributed by atoms with Crippen molar-refractivity contribution < 1.29 is 4.79 Å². The van der Waals surface area contributed by atoms with Crippen LogP contribution in [0.15, 0.2) is 42.6 Å². The van der Waals surface area contributed by atoms with Crippen molar-refractivity contribution in [2.75, 3.05) is 0 Å². The lowest BCUT2D eigenvalue weighted by Gasteiger charge is -2.05. The molecule has 3 heteroatoms. The van der Waals surface area contributed by atoms with Crippen LogP contribution in [0.4, 0.5) is 0 Å². The minimum atomic E-state index is 0.127. The summed E-state index contributed by atoms with van der Waals surface area (Å²) in [6, 6.07) is 11.6. The second-order valence-electron chi connectivity index (χ2n) is 4.03. The van der Waals surface area contributed by atoms with Gasteiger partial charge in [0.1, 0.15) is 5.69 Å². The normalized spacial score (nSPS) is 10.4. The molecule has 0 unspecified atom stereocenters. The maximum Gasteiger partial charge on any atom is 0.185 e. The molecule has 0 bridgehead atoms. The minimum absolute atomic E-state index is 0.127. The summed E-state index contributed by atoms with van der Waals surface area (Å²) in [4.78, 5) is 12.1. The molecule has 3 nitrogen and oxygen atoms in total. The van der Waals surface area contributed by atoms with Gasteiger partial charge in [-0.1, -0.05) is 37.3 Å². The number of benzene rings is 1. The van der Waals surface area contributed by atoms with Gasteiger partial charge in [0.2, 0.25) is 0 Å². The number of Topliss-reactive ketones (excluding diaryl/α,β-unsaturated/α-hetero) is 1. The lowest BCUT2D eigenvalue weighted by atomic mass is 10.1. The molecule has 0 aliphatic carbocycles. The summed E-state index contributed by atoms with van der Waals surface area (Å²) >= 11 is 0. The highest BCUT2D eigenvalue weighted by molar-refractivity contribution is 5.95. The molecule has 2 rings (SSSR count). The molecule has 0 fully saturated rings. The van der Waals surface area contributed by atoms with Crippen molar-refractivity contribution in [2.24, 2.45) is 0 Å². The van der Waals surface area contributed by atoms with Crippen molar-refractivity contribution in [3.63, 3.8) is 0 Å². The van der Waals surface area contributed by atoms with Gasteiger partial charge in [-0.3, -0.25) is 9.48 Å². The molecule has 88 valence electrons. The van der Waals surface area contributed by atoms with Crippen LogP contribution in [0.3, 0.4) is 0 Å². The van der Waals surface area contributed by atoms with Crippen molar-refractivity contribution in [1.29, 1.82) is 0 Å². The van der Waals surface area contributed by atoms with Gasteiger partial charge in [0, 0.05) is 19.2 Å². The first-order valence-electron chi connectivity index (χ1n) is 5.90. The third-order valence-corrected chi connectivity index (χ3v) is 2.65. The highest BCUT2D eigenvalue weighted by atomic mass is 16.1. The van der Waals surface area contributed by atoms with Gasteiger partial charge in [0.15, 0.2) is 5.78 Å². The number of aryl methyl sites for hydroxylation is 1. The molecular weight excluding hydrogens is 212 g/mol. The second-order valence-corrected chi connectivity index (χ2v) is 4.03. The van der Waals surface area contributed by atoms with E-state index >= 15 is 0 Å². The SMILES string of the molecule is CCCn1nccc1C(=O)Cc1ccccc1. The largest absolute Gasteiger partial charge is 0.292 e. The van der Waals surface area contributed by atoms with Crippen LogP contribution in [0.25, 0.3) is 0 Å². The zero-order chi connectivity index (χ0) is 12.1. The Balaban J connectivity index is 2.12. The van der Waals surface area contributed by atoms with Gasteiger partial charge in [-0.25, -0.2) is 0 Å². The molecule has 17 heavy (non-hydrogen) atoms. The quantitative estimate of drug-likeness (QED) is 0.737. The van der Waals surface area contributed by atoms with E-state index in [9.17, 15) is 4.79 Å². The Morgan fingerprint density at radius 1 is 1.24 bits per heavy atom. The number of rotatable bonds is 5. The lowest BCUT2D eigenvalue weighted by Crippen LogP contribution is -2.12. The Morgan fingerprint density at radius 3 is 2.71 bits per heavy atom. The van der Waals surface area contributed by atoms with Crippen LogP contribution in [0, 0.1) is 0 Å². The van der Waals surface area contributed by atoms with Crippen molar-refractivity contribution in [1.82, 2.24) is 9.78 Å². The standard InChI is InChI=1S/C14H16N2O/c1-2-10-16-13(8-9-15-16)14(17)11-12-6-4-3-5-7-12/h3-9H,2,10-11H2,1H3. The molecular formula is C14H16N2O. The van der Waals surface area contributed by atoms with Gasteiger partial charge in [-0.15, -0.1) is 0 Å². The molecule has 0 saturated carbocycles. The van der Waals surface area contributed by atoms with Gasteiger partial charge < -0.3 is 0 Å². The molecule has 1 aromatic heterocycles. The zero-order valence-corrected chi connectivity index (χ0v) is 9.97. The van der Waals surface area contributed by atoms with Crippen molar-refractivity contribution in [3.05, 3.63) is 53.9 Å². The average molecular weight is 228 g/mol. The van der Waals surface area contributed by atoms with Crippen LogP contribution in [0.1, 0.15) is 29.4 Å². The van der Waals surface area contributed by atoms with E-state index in [0.717, 1.165) is 18.5 Å². The summed E-state index contributed by atoms with van der Waals surface area (Å²) in [5, 5.41) is 4.16. The summed E-state index contributed by atoms with van der Waals surface area (Å²) in [6.45, 7) is 2.87. The molecule has 2 aromatic rings. The topological polar surface area (TPSA) is 34.9 Å². The summed E-state index contributed by atoms with van der Waals surface area (Å²) in [7, 11) is 0. The third-order valence-electron chi connectivity index (χ3n) is 2.65. The maximum atomic E-state index is 12.1. The number of hydrogen-bond acceptors (Lipinski definition) is 2. The van der Waals surface area contributed by atoms with Gasteiger partial charge >= 0.3 is 0 Å². The lowest BCUT2D eigenvalue weighted by molar-refractivity contribution is 0.0982. The van der Waals surface area contributed by atoms with Crippen LogP contribution in [0.5, 0.6) is 0 Å². The molecule has 0 saturated heterocycles. The first-order valence-corrected chi connectivity index (χ1v) is 5.90. The van der Waals surface area contributed by atoms with E-state index in [4.69, 9.17) is 0 Å². The van der Waals surface area contributed by atoms with E-state index in [1.807, 2.05) is 30.3 Å². The van der Waals surface area contributed by atoms with E-state index < -0.39 is 0 Å². The summed E-state index contributed by atoms with van der Waals surface area (Å²) in [6.07, 6.45) is 3.11. The molecule has 0 N–H and O–H groups in total. The average Bonchev–Trinajstić information content (AvgIpc) is 2.79. The van der Waals surface area contributed by atoms with Gasteiger partial charge in [0.05, 0.1) is 0 Å². The van der Waals surface area contributed by atoms with E-state index in [-0.39, 0.29) is 5.78 Å². The molecule has 0 aliphatic heterocycles. The van der Waals surface area contributed by atoms with Crippen LogP contribution in [-0.2, 0) is 13.0 Å².